The van der Waals surface area contributed by atoms with Gasteiger partial charge in [-0.25, -0.2) is 8.42 Å². The molecule has 2 heterocycles. The molecule has 1 amide bonds. The van der Waals surface area contributed by atoms with Gasteiger partial charge in [-0.3, -0.25) is 9.69 Å². The zero-order valence-electron chi connectivity index (χ0n) is 14.6. The van der Waals surface area contributed by atoms with E-state index in [2.05, 4.69) is 4.90 Å². The molecule has 1 aromatic rings. The molecule has 1 atom stereocenters. The van der Waals surface area contributed by atoms with Gasteiger partial charge in [0.25, 0.3) is 5.91 Å². The van der Waals surface area contributed by atoms with E-state index in [0.29, 0.717) is 49.7 Å². The molecular weight excluding hydrogens is 344 g/mol. The van der Waals surface area contributed by atoms with E-state index >= 15 is 0 Å². The summed E-state index contributed by atoms with van der Waals surface area (Å²) in [5, 5.41) is 0. The minimum Gasteiger partial charge on any atom is -0.496 e. The van der Waals surface area contributed by atoms with Gasteiger partial charge in [0.2, 0.25) is 0 Å². The normalized spacial score (nSPS) is 23.4. The number of hydrogen-bond donors (Lipinski definition) is 0. The van der Waals surface area contributed by atoms with Gasteiger partial charge in [-0.05, 0) is 18.6 Å². The van der Waals surface area contributed by atoms with E-state index in [0.717, 1.165) is 0 Å². The number of sulfone groups is 1. The standard InChI is InChI=1S/C17H24N2O5S/c1-23-14-4-3-5-15(24-2)16(14)17(20)19-9-7-18(8-10-19)13-6-11-25(21,22)12-13/h3-5,13H,6-12H2,1-2H3. The summed E-state index contributed by atoms with van der Waals surface area (Å²) in [6.07, 6.45) is 0.691. The van der Waals surface area contributed by atoms with Gasteiger partial charge in [-0.1, -0.05) is 6.07 Å². The van der Waals surface area contributed by atoms with Crippen molar-refractivity contribution in [3.63, 3.8) is 0 Å². The van der Waals surface area contributed by atoms with E-state index in [4.69, 9.17) is 9.47 Å². The summed E-state index contributed by atoms with van der Waals surface area (Å²) < 4.78 is 34.0. The highest BCUT2D eigenvalue weighted by atomic mass is 32.2. The lowest BCUT2D eigenvalue weighted by Gasteiger charge is -2.37. The second kappa shape index (κ2) is 7.21. The highest BCUT2D eigenvalue weighted by Crippen LogP contribution is 2.30. The van der Waals surface area contributed by atoms with Crippen LogP contribution in [0.1, 0.15) is 16.8 Å². The zero-order chi connectivity index (χ0) is 18.0. The number of carbonyl (C=O) groups is 1. The maximum Gasteiger partial charge on any atom is 0.261 e. The molecule has 2 fully saturated rings. The van der Waals surface area contributed by atoms with Crippen LogP contribution in [0.2, 0.25) is 0 Å². The Morgan fingerprint density at radius 3 is 2.16 bits per heavy atom. The van der Waals surface area contributed by atoms with Gasteiger partial charge in [0, 0.05) is 32.2 Å². The summed E-state index contributed by atoms with van der Waals surface area (Å²) >= 11 is 0. The van der Waals surface area contributed by atoms with E-state index in [1.807, 2.05) is 0 Å². The lowest BCUT2D eigenvalue weighted by molar-refractivity contribution is 0.0581. The SMILES string of the molecule is COc1cccc(OC)c1C(=O)N1CCN(C2CCS(=O)(=O)C2)CC1. The fourth-order valence-electron chi connectivity index (χ4n) is 3.57. The molecule has 2 aliphatic heterocycles. The Kier molecular flexibility index (Phi) is 5.19. The molecule has 3 rings (SSSR count). The smallest absolute Gasteiger partial charge is 0.261 e. The van der Waals surface area contributed by atoms with Crippen molar-refractivity contribution in [2.24, 2.45) is 0 Å². The van der Waals surface area contributed by atoms with Crippen molar-refractivity contribution in [2.75, 3.05) is 51.9 Å². The van der Waals surface area contributed by atoms with Crippen LogP contribution >= 0.6 is 0 Å². The summed E-state index contributed by atoms with van der Waals surface area (Å²) in [5.41, 5.74) is 0.435. The molecule has 0 saturated carbocycles. The minimum atomic E-state index is -2.89. The summed E-state index contributed by atoms with van der Waals surface area (Å²) in [4.78, 5) is 16.9. The van der Waals surface area contributed by atoms with E-state index in [9.17, 15) is 13.2 Å². The molecule has 25 heavy (non-hydrogen) atoms. The third-order valence-corrected chi connectivity index (χ3v) is 6.72. The topological polar surface area (TPSA) is 76.2 Å². The van der Waals surface area contributed by atoms with Crippen LogP contribution in [-0.4, -0.2) is 82.1 Å². The van der Waals surface area contributed by atoms with Crippen LogP contribution in [0.3, 0.4) is 0 Å². The predicted molar refractivity (Wildman–Crippen MR) is 94.1 cm³/mol. The average Bonchev–Trinajstić information content (AvgIpc) is 3.00. The number of amides is 1. The first-order valence-electron chi connectivity index (χ1n) is 8.40. The minimum absolute atomic E-state index is 0.0862. The molecule has 2 aliphatic rings. The van der Waals surface area contributed by atoms with Crippen molar-refractivity contribution in [2.45, 2.75) is 12.5 Å². The van der Waals surface area contributed by atoms with Crippen LogP contribution in [0.15, 0.2) is 18.2 Å². The van der Waals surface area contributed by atoms with Crippen LogP contribution in [0, 0.1) is 0 Å². The summed E-state index contributed by atoms with van der Waals surface area (Å²) in [6.45, 7) is 2.50. The van der Waals surface area contributed by atoms with Crippen LogP contribution in [-0.2, 0) is 9.84 Å². The number of rotatable bonds is 4. The van der Waals surface area contributed by atoms with Gasteiger partial charge < -0.3 is 14.4 Å². The lowest BCUT2D eigenvalue weighted by Crippen LogP contribution is -2.52. The maximum atomic E-state index is 12.9. The second-order valence-corrected chi connectivity index (χ2v) is 8.65. The number of piperazine rings is 1. The molecule has 0 radical (unpaired) electrons. The van der Waals surface area contributed by atoms with Gasteiger partial charge in [-0.2, -0.15) is 0 Å². The van der Waals surface area contributed by atoms with Crippen molar-refractivity contribution in [1.29, 1.82) is 0 Å². The van der Waals surface area contributed by atoms with E-state index in [1.54, 1.807) is 23.1 Å². The Balaban J connectivity index is 1.68. The van der Waals surface area contributed by atoms with Crippen molar-refractivity contribution in [3.8, 4) is 11.5 Å². The van der Waals surface area contributed by atoms with Gasteiger partial charge in [0.15, 0.2) is 9.84 Å². The number of ether oxygens (including phenoxy) is 2. The third kappa shape index (κ3) is 3.74. The molecule has 138 valence electrons. The molecular formula is C17H24N2O5S. The van der Waals surface area contributed by atoms with Crippen LogP contribution in [0.5, 0.6) is 11.5 Å². The fourth-order valence-corrected chi connectivity index (χ4v) is 5.34. The molecule has 0 spiro atoms. The fraction of sp³-hybridized carbons (Fsp3) is 0.588. The average molecular weight is 368 g/mol. The van der Waals surface area contributed by atoms with Crippen LogP contribution in [0.25, 0.3) is 0 Å². The Morgan fingerprint density at radius 1 is 1.08 bits per heavy atom. The summed E-state index contributed by atoms with van der Waals surface area (Å²) in [6, 6.07) is 5.36. The molecule has 2 saturated heterocycles. The molecule has 0 N–H and O–H groups in total. The lowest BCUT2D eigenvalue weighted by atomic mass is 10.1. The molecule has 1 unspecified atom stereocenters. The van der Waals surface area contributed by atoms with Crippen molar-refractivity contribution < 1.29 is 22.7 Å². The molecule has 7 nitrogen and oxygen atoms in total. The summed E-state index contributed by atoms with van der Waals surface area (Å²) in [5.74, 6) is 1.38. The molecule has 0 bridgehead atoms. The second-order valence-electron chi connectivity index (χ2n) is 6.42. The Bertz CT molecular complexity index is 719. The first-order valence-corrected chi connectivity index (χ1v) is 10.2. The quantitative estimate of drug-likeness (QED) is 0.777. The largest absolute Gasteiger partial charge is 0.496 e. The van der Waals surface area contributed by atoms with Gasteiger partial charge in [-0.15, -0.1) is 0 Å². The monoisotopic (exact) mass is 368 g/mol. The number of hydrogen-bond acceptors (Lipinski definition) is 6. The van der Waals surface area contributed by atoms with Crippen molar-refractivity contribution in [1.82, 2.24) is 9.80 Å². The molecule has 0 aromatic heterocycles. The van der Waals surface area contributed by atoms with E-state index < -0.39 is 9.84 Å². The highest BCUT2D eigenvalue weighted by molar-refractivity contribution is 7.91. The number of methoxy groups -OCH3 is 2. The zero-order valence-corrected chi connectivity index (χ0v) is 15.4. The first kappa shape index (κ1) is 18.0. The first-order chi connectivity index (χ1) is 11.9. The van der Waals surface area contributed by atoms with Gasteiger partial charge in [0.1, 0.15) is 17.1 Å². The number of carbonyl (C=O) groups excluding carboxylic acids is 1. The highest BCUT2D eigenvalue weighted by Gasteiger charge is 2.35. The van der Waals surface area contributed by atoms with Crippen LogP contribution < -0.4 is 9.47 Å². The van der Waals surface area contributed by atoms with Gasteiger partial charge in [0.05, 0.1) is 25.7 Å². The van der Waals surface area contributed by atoms with E-state index in [-0.39, 0.29) is 23.5 Å². The number of benzene rings is 1. The Morgan fingerprint density at radius 2 is 1.68 bits per heavy atom. The van der Waals surface area contributed by atoms with E-state index in [1.165, 1.54) is 14.2 Å². The molecule has 0 aliphatic carbocycles. The summed E-state index contributed by atoms with van der Waals surface area (Å²) in [7, 11) is 0.173. The Hall–Kier alpha value is -1.80. The third-order valence-electron chi connectivity index (χ3n) is 4.97. The molecule has 1 aromatic carbocycles. The van der Waals surface area contributed by atoms with Crippen molar-refractivity contribution in [3.05, 3.63) is 23.8 Å². The molecule has 8 heteroatoms. The maximum absolute atomic E-state index is 12.9. The number of nitrogens with zero attached hydrogens (tertiary/aromatic N) is 2. The van der Waals surface area contributed by atoms with Crippen molar-refractivity contribution >= 4 is 15.7 Å². The predicted octanol–water partition coefficient (Wildman–Crippen LogP) is 0.649. The van der Waals surface area contributed by atoms with Gasteiger partial charge >= 0.3 is 0 Å². The Labute approximate surface area is 148 Å². The van der Waals surface area contributed by atoms with Crippen LogP contribution in [0.4, 0.5) is 0 Å².